The maximum atomic E-state index is 3.39. The van der Waals surface area contributed by atoms with Crippen molar-refractivity contribution >= 4 is 0 Å². The van der Waals surface area contributed by atoms with Gasteiger partial charge in [0.2, 0.25) is 0 Å². The lowest BCUT2D eigenvalue weighted by Gasteiger charge is -2.09. The molecule has 0 radical (unpaired) electrons. The molecule has 0 aliphatic heterocycles. The van der Waals surface area contributed by atoms with E-state index < -0.39 is 0 Å². The lowest BCUT2D eigenvalue weighted by atomic mass is 10.2. The molecule has 12 heavy (non-hydrogen) atoms. The fourth-order valence-electron chi connectivity index (χ4n) is 1.34. The minimum absolute atomic E-state index is 0.475. The third-order valence-corrected chi connectivity index (χ3v) is 2.15. The lowest BCUT2D eigenvalue weighted by Crippen LogP contribution is -2.17. The zero-order valence-electron chi connectivity index (χ0n) is 8.17. The van der Waals surface area contributed by atoms with Crippen LogP contribution >= 0.6 is 0 Å². The van der Waals surface area contributed by atoms with E-state index in [2.05, 4.69) is 49.1 Å². The number of hydrogen-bond acceptors (Lipinski definition) is 1. The predicted molar refractivity (Wildman–Crippen MR) is 52.2 cm³/mol. The summed E-state index contributed by atoms with van der Waals surface area (Å²) in [5.41, 5.74) is 1.37. The average molecular weight is 166 g/mol. The van der Waals surface area contributed by atoms with Gasteiger partial charge < -0.3 is 9.88 Å². The fraction of sp³-hybridized carbons (Fsp3) is 0.600. The monoisotopic (exact) mass is 166 g/mol. The molecule has 1 aromatic heterocycles. The predicted octanol–water partition coefficient (Wildman–Crippen LogP) is 2.18. The Bertz CT molecular complexity index is 227. The average Bonchev–Trinajstić information content (AvgIpc) is 2.52. The van der Waals surface area contributed by atoms with Crippen LogP contribution in [0.4, 0.5) is 0 Å². The van der Waals surface area contributed by atoms with Crippen molar-refractivity contribution in [2.75, 3.05) is 6.54 Å². The van der Waals surface area contributed by atoms with Crippen molar-refractivity contribution in [1.29, 1.82) is 0 Å². The van der Waals surface area contributed by atoms with Gasteiger partial charge in [-0.05, 0) is 32.0 Å². The van der Waals surface area contributed by atoms with Crippen LogP contribution in [0, 0.1) is 0 Å². The van der Waals surface area contributed by atoms with Crippen LogP contribution in [-0.2, 0) is 6.54 Å². The largest absolute Gasteiger partial charge is 0.354 e. The summed E-state index contributed by atoms with van der Waals surface area (Å²) in [5, 5.41) is 3.39. The Labute approximate surface area is 74.6 Å². The Kier molecular flexibility index (Phi) is 3.35. The van der Waals surface area contributed by atoms with Crippen molar-refractivity contribution in [2.24, 2.45) is 0 Å². The molecular weight excluding hydrogens is 148 g/mol. The lowest BCUT2D eigenvalue weighted by molar-refractivity contribution is 0.596. The Balaban J connectivity index is 2.61. The number of nitrogens with zero attached hydrogens (tertiary/aromatic N) is 1. The SMILES string of the molecule is CCNC(C)c1ccn(CC)c1. The van der Waals surface area contributed by atoms with Gasteiger partial charge in [0.15, 0.2) is 0 Å². The zero-order chi connectivity index (χ0) is 8.97. The highest BCUT2D eigenvalue weighted by molar-refractivity contribution is 5.14. The fourth-order valence-corrected chi connectivity index (χ4v) is 1.34. The minimum atomic E-state index is 0.475. The maximum absolute atomic E-state index is 3.39. The molecule has 0 aliphatic carbocycles. The van der Waals surface area contributed by atoms with Crippen molar-refractivity contribution in [3.05, 3.63) is 24.0 Å². The number of aromatic nitrogens is 1. The molecule has 0 saturated heterocycles. The Hall–Kier alpha value is -0.760. The molecule has 1 unspecified atom stereocenters. The van der Waals surface area contributed by atoms with E-state index in [0.717, 1.165) is 13.1 Å². The molecule has 1 rings (SSSR count). The zero-order valence-corrected chi connectivity index (χ0v) is 8.17. The molecule has 1 heterocycles. The maximum Gasteiger partial charge on any atom is 0.0306 e. The summed E-state index contributed by atoms with van der Waals surface area (Å²) in [4.78, 5) is 0. The third kappa shape index (κ3) is 2.11. The molecule has 0 fully saturated rings. The Morgan fingerprint density at radius 1 is 1.50 bits per heavy atom. The van der Waals surface area contributed by atoms with Crippen molar-refractivity contribution in [1.82, 2.24) is 9.88 Å². The number of rotatable bonds is 4. The topological polar surface area (TPSA) is 17.0 Å². The van der Waals surface area contributed by atoms with Crippen LogP contribution in [0.5, 0.6) is 0 Å². The van der Waals surface area contributed by atoms with Gasteiger partial charge in [-0.15, -0.1) is 0 Å². The molecule has 1 aromatic rings. The summed E-state index contributed by atoms with van der Waals surface area (Å²) in [7, 11) is 0. The molecule has 0 aliphatic rings. The molecule has 0 saturated carbocycles. The first kappa shape index (κ1) is 9.33. The molecule has 0 amide bonds. The molecular formula is C10H18N2. The summed E-state index contributed by atoms with van der Waals surface area (Å²) in [6.45, 7) is 8.56. The first-order chi connectivity index (χ1) is 5.77. The van der Waals surface area contributed by atoms with Crippen LogP contribution < -0.4 is 5.32 Å². The number of aryl methyl sites for hydroxylation is 1. The van der Waals surface area contributed by atoms with E-state index in [1.807, 2.05) is 0 Å². The molecule has 1 atom stereocenters. The highest BCUT2D eigenvalue weighted by Gasteiger charge is 2.03. The standard InChI is InChI=1S/C10H18N2/c1-4-11-9(3)10-6-7-12(5-2)8-10/h6-9,11H,4-5H2,1-3H3. The van der Waals surface area contributed by atoms with Gasteiger partial charge in [-0.25, -0.2) is 0 Å². The second-order valence-corrected chi connectivity index (χ2v) is 3.05. The van der Waals surface area contributed by atoms with Crippen molar-refractivity contribution in [3.8, 4) is 0 Å². The number of hydrogen-bond donors (Lipinski definition) is 1. The molecule has 0 bridgehead atoms. The van der Waals surface area contributed by atoms with E-state index in [-0.39, 0.29) is 0 Å². The van der Waals surface area contributed by atoms with Gasteiger partial charge >= 0.3 is 0 Å². The summed E-state index contributed by atoms with van der Waals surface area (Å²) in [5.74, 6) is 0. The van der Waals surface area contributed by atoms with Gasteiger partial charge in [0.1, 0.15) is 0 Å². The molecule has 0 aromatic carbocycles. The van der Waals surface area contributed by atoms with Crippen LogP contribution in [0.2, 0.25) is 0 Å². The van der Waals surface area contributed by atoms with E-state index in [4.69, 9.17) is 0 Å². The van der Waals surface area contributed by atoms with Gasteiger partial charge in [-0.3, -0.25) is 0 Å². The summed E-state index contributed by atoms with van der Waals surface area (Å²) < 4.78 is 2.20. The van der Waals surface area contributed by atoms with Crippen LogP contribution in [0.1, 0.15) is 32.4 Å². The van der Waals surface area contributed by atoms with Gasteiger partial charge in [0.25, 0.3) is 0 Å². The molecule has 2 heteroatoms. The first-order valence-corrected chi connectivity index (χ1v) is 4.67. The van der Waals surface area contributed by atoms with E-state index in [0.29, 0.717) is 6.04 Å². The second-order valence-electron chi connectivity index (χ2n) is 3.05. The van der Waals surface area contributed by atoms with Crippen LogP contribution in [0.15, 0.2) is 18.5 Å². The normalized spacial score (nSPS) is 13.2. The highest BCUT2D eigenvalue weighted by atomic mass is 14.9. The van der Waals surface area contributed by atoms with Gasteiger partial charge in [-0.1, -0.05) is 6.92 Å². The molecule has 2 nitrogen and oxygen atoms in total. The van der Waals surface area contributed by atoms with Crippen molar-refractivity contribution in [3.63, 3.8) is 0 Å². The van der Waals surface area contributed by atoms with E-state index >= 15 is 0 Å². The van der Waals surface area contributed by atoms with Crippen molar-refractivity contribution in [2.45, 2.75) is 33.4 Å². The van der Waals surface area contributed by atoms with E-state index in [1.165, 1.54) is 5.56 Å². The summed E-state index contributed by atoms with van der Waals surface area (Å²) in [6, 6.07) is 2.65. The summed E-state index contributed by atoms with van der Waals surface area (Å²) >= 11 is 0. The molecule has 1 N–H and O–H groups in total. The molecule has 68 valence electrons. The van der Waals surface area contributed by atoms with Crippen LogP contribution in [0.3, 0.4) is 0 Å². The molecule has 0 spiro atoms. The number of nitrogens with one attached hydrogen (secondary N) is 1. The first-order valence-electron chi connectivity index (χ1n) is 4.67. The summed E-state index contributed by atoms with van der Waals surface area (Å²) in [6.07, 6.45) is 4.33. The Morgan fingerprint density at radius 2 is 2.25 bits per heavy atom. The van der Waals surface area contributed by atoms with E-state index in [9.17, 15) is 0 Å². The smallest absolute Gasteiger partial charge is 0.0306 e. The van der Waals surface area contributed by atoms with Crippen LogP contribution in [0.25, 0.3) is 0 Å². The quantitative estimate of drug-likeness (QED) is 0.725. The van der Waals surface area contributed by atoms with Crippen LogP contribution in [-0.4, -0.2) is 11.1 Å². The van der Waals surface area contributed by atoms with Gasteiger partial charge in [0, 0.05) is 25.0 Å². The van der Waals surface area contributed by atoms with Crippen molar-refractivity contribution < 1.29 is 0 Å². The van der Waals surface area contributed by atoms with E-state index in [1.54, 1.807) is 0 Å². The minimum Gasteiger partial charge on any atom is -0.354 e. The second kappa shape index (κ2) is 4.31. The third-order valence-electron chi connectivity index (χ3n) is 2.15. The Morgan fingerprint density at radius 3 is 2.75 bits per heavy atom. The van der Waals surface area contributed by atoms with Gasteiger partial charge in [-0.2, -0.15) is 0 Å². The highest BCUT2D eigenvalue weighted by Crippen LogP contribution is 2.11. The van der Waals surface area contributed by atoms with Gasteiger partial charge in [0.05, 0.1) is 0 Å².